The van der Waals surface area contributed by atoms with Crippen LogP contribution in [0.3, 0.4) is 0 Å². The first-order valence-electron chi connectivity index (χ1n) is 7.64. The monoisotopic (exact) mass is 282 g/mol. The smallest absolute Gasteiger partial charge is 0.0945 e. The zero-order valence-electron chi connectivity index (χ0n) is 12.4. The standard InChI is InChI=1S/C18H22N2O/c1-20-12-3-2-7-17(20)18(21)16-6-4-5-15(13-16)14-8-10-19-11-9-14/h4-6,8-11,13,17-18,21H,2-3,7,12H2,1H3/t17-,18-/m0/s1. The second-order valence-electron chi connectivity index (χ2n) is 5.85. The molecule has 1 aromatic heterocycles. The topological polar surface area (TPSA) is 36.4 Å². The van der Waals surface area contributed by atoms with E-state index in [2.05, 4.69) is 29.1 Å². The minimum absolute atomic E-state index is 0.228. The van der Waals surface area contributed by atoms with Gasteiger partial charge in [0.25, 0.3) is 0 Å². The summed E-state index contributed by atoms with van der Waals surface area (Å²) in [6.45, 7) is 1.08. The first-order valence-corrected chi connectivity index (χ1v) is 7.64. The molecule has 110 valence electrons. The molecule has 1 aliphatic heterocycles. The maximum Gasteiger partial charge on any atom is 0.0945 e. The van der Waals surface area contributed by atoms with Crippen LogP contribution in [0.15, 0.2) is 48.8 Å². The number of rotatable bonds is 3. The summed E-state index contributed by atoms with van der Waals surface area (Å²) < 4.78 is 0. The number of aromatic nitrogens is 1. The Labute approximate surface area is 126 Å². The molecule has 1 aliphatic rings. The van der Waals surface area contributed by atoms with E-state index >= 15 is 0 Å². The Morgan fingerprint density at radius 2 is 1.95 bits per heavy atom. The van der Waals surface area contributed by atoms with Gasteiger partial charge in [0.2, 0.25) is 0 Å². The molecule has 0 spiro atoms. The Hall–Kier alpha value is -1.71. The van der Waals surface area contributed by atoms with Crippen LogP contribution in [-0.2, 0) is 0 Å². The fourth-order valence-corrected chi connectivity index (χ4v) is 3.17. The summed E-state index contributed by atoms with van der Waals surface area (Å²) in [7, 11) is 2.11. The van der Waals surface area contributed by atoms with E-state index in [0.29, 0.717) is 0 Å². The van der Waals surface area contributed by atoms with Crippen LogP contribution in [0.5, 0.6) is 0 Å². The fourth-order valence-electron chi connectivity index (χ4n) is 3.17. The van der Waals surface area contributed by atoms with Gasteiger partial charge in [-0.1, -0.05) is 24.6 Å². The van der Waals surface area contributed by atoms with Crippen LogP contribution < -0.4 is 0 Å². The second kappa shape index (κ2) is 6.37. The quantitative estimate of drug-likeness (QED) is 0.938. The maximum atomic E-state index is 10.7. The molecule has 0 amide bonds. The second-order valence-corrected chi connectivity index (χ2v) is 5.85. The lowest BCUT2D eigenvalue weighted by molar-refractivity contribution is 0.0403. The molecule has 0 bridgehead atoms. The number of likely N-dealkylation sites (N-methyl/N-ethyl adjacent to an activating group) is 1. The summed E-state index contributed by atoms with van der Waals surface area (Å²) in [5.41, 5.74) is 3.27. The Bertz CT molecular complexity index is 585. The lowest BCUT2D eigenvalue weighted by Gasteiger charge is -2.36. The SMILES string of the molecule is CN1CCCC[C@H]1[C@@H](O)c1cccc(-c2ccncc2)c1. The predicted molar refractivity (Wildman–Crippen MR) is 84.9 cm³/mol. The zero-order chi connectivity index (χ0) is 14.7. The van der Waals surface area contributed by atoms with Crippen LogP contribution in [0.1, 0.15) is 30.9 Å². The summed E-state index contributed by atoms with van der Waals surface area (Å²) in [5.74, 6) is 0. The van der Waals surface area contributed by atoms with E-state index in [4.69, 9.17) is 0 Å². The third-order valence-electron chi connectivity index (χ3n) is 4.43. The van der Waals surface area contributed by atoms with Crippen molar-refractivity contribution in [3.63, 3.8) is 0 Å². The van der Waals surface area contributed by atoms with Gasteiger partial charge in [0.05, 0.1) is 6.10 Å². The first-order chi connectivity index (χ1) is 10.3. The number of pyridine rings is 1. The molecule has 21 heavy (non-hydrogen) atoms. The molecular formula is C18H22N2O. The lowest BCUT2D eigenvalue weighted by Crippen LogP contribution is -2.40. The predicted octanol–water partition coefficient (Wildman–Crippen LogP) is 3.27. The summed E-state index contributed by atoms with van der Waals surface area (Å²) >= 11 is 0. The summed E-state index contributed by atoms with van der Waals surface area (Å²) in [5, 5.41) is 10.7. The van der Waals surface area contributed by atoms with Crippen LogP contribution in [0.4, 0.5) is 0 Å². The number of likely N-dealkylation sites (tertiary alicyclic amines) is 1. The van der Waals surface area contributed by atoms with Crippen molar-refractivity contribution in [2.24, 2.45) is 0 Å². The average molecular weight is 282 g/mol. The molecule has 1 saturated heterocycles. The Morgan fingerprint density at radius 1 is 1.14 bits per heavy atom. The van der Waals surface area contributed by atoms with Crippen LogP contribution in [-0.4, -0.2) is 34.6 Å². The number of hydrogen-bond acceptors (Lipinski definition) is 3. The Kier molecular flexibility index (Phi) is 4.32. The number of aliphatic hydroxyl groups is 1. The van der Waals surface area contributed by atoms with Crippen LogP contribution >= 0.6 is 0 Å². The molecule has 2 heterocycles. The fraction of sp³-hybridized carbons (Fsp3) is 0.389. The summed E-state index contributed by atoms with van der Waals surface area (Å²) in [6, 6.07) is 12.5. The van der Waals surface area contributed by atoms with E-state index in [1.807, 2.05) is 24.3 Å². The molecule has 2 aromatic rings. The molecule has 1 aromatic carbocycles. The van der Waals surface area contributed by atoms with Gasteiger partial charge in [-0.3, -0.25) is 4.98 Å². The van der Waals surface area contributed by atoms with Crippen molar-refractivity contribution in [2.75, 3.05) is 13.6 Å². The zero-order valence-corrected chi connectivity index (χ0v) is 12.4. The number of aliphatic hydroxyl groups excluding tert-OH is 1. The summed E-state index contributed by atoms with van der Waals surface area (Å²) in [4.78, 5) is 6.34. The van der Waals surface area contributed by atoms with Gasteiger partial charge in [-0.2, -0.15) is 0 Å². The van der Waals surface area contributed by atoms with Gasteiger partial charge in [0.15, 0.2) is 0 Å². The van der Waals surface area contributed by atoms with Crippen molar-refractivity contribution < 1.29 is 5.11 Å². The molecule has 0 radical (unpaired) electrons. The van der Waals surface area contributed by atoms with Gasteiger partial charge >= 0.3 is 0 Å². The van der Waals surface area contributed by atoms with Crippen molar-refractivity contribution in [3.8, 4) is 11.1 Å². The van der Waals surface area contributed by atoms with Gasteiger partial charge < -0.3 is 10.0 Å². The Morgan fingerprint density at radius 3 is 2.71 bits per heavy atom. The summed E-state index contributed by atoms with van der Waals surface area (Å²) in [6.07, 6.45) is 6.68. The number of nitrogens with zero attached hydrogens (tertiary/aromatic N) is 2. The number of benzene rings is 1. The number of hydrogen-bond donors (Lipinski definition) is 1. The largest absolute Gasteiger partial charge is 0.387 e. The van der Waals surface area contributed by atoms with E-state index in [0.717, 1.165) is 29.7 Å². The van der Waals surface area contributed by atoms with Gasteiger partial charge in [-0.15, -0.1) is 0 Å². The van der Waals surface area contributed by atoms with Crippen LogP contribution in [0.2, 0.25) is 0 Å². The lowest BCUT2D eigenvalue weighted by atomic mass is 9.92. The van der Waals surface area contributed by atoms with Crippen molar-refractivity contribution in [3.05, 3.63) is 54.4 Å². The molecule has 3 heteroatoms. The van der Waals surface area contributed by atoms with Gasteiger partial charge in [-0.05, 0) is 61.3 Å². The molecular weight excluding hydrogens is 260 g/mol. The molecule has 0 unspecified atom stereocenters. The third-order valence-corrected chi connectivity index (χ3v) is 4.43. The minimum atomic E-state index is -0.419. The highest BCUT2D eigenvalue weighted by atomic mass is 16.3. The van der Waals surface area contributed by atoms with Crippen molar-refractivity contribution in [1.82, 2.24) is 9.88 Å². The van der Waals surface area contributed by atoms with Crippen molar-refractivity contribution in [2.45, 2.75) is 31.4 Å². The molecule has 3 rings (SSSR count). The molecule has 2 atom stereocenters. The van der Waals surface area contributed by atoms with Gasteiger partial charge in [0.1, 0.15) is 0 Å². The van der Waals surface area contributed by atoms with Crippen molar-refractivity contribution >= 4 is 0 Å². The highest BCUT2D eigenvalue weighted by Gasteiger charge is 2.27. The molecule has 1 fully saturated rings. The van der Waals surface area contributed by atoms with Crippen LogP contribution in [0, 0.1) is 0 Å². The van der Waals surface area contributed by atoms with Crippen LogP contribution in [0.25, 0.3) is 11.1 Å². The normalized spacial score (nSPS) is 21.1. The molecule has 3 nitrogen and oxygen atoms in total. The Balaban J connectivity index is 1.85. The van der Waals surface area contributed by atoms with Gasteiger partial charge in [-0.25, -0.2) is 0 Å². The highest BCUT2D eigenvalue weighted by Crippen LogP contribution is 2.30. The molecule has 0 saturated carbocycles. The highest BCUT2D eigenvalue weighted by molar-refractivity contribution is 5.63. The van der Waals surface area contributed by atoms with E-state index < -0.39 is 6.10 Å². The average Bonchev–Trinajstić information content (AvgIpc) is 2.56. The molecule has 1 N–H and O–H groups in total. The first kappa shape index (κ1) is 14.2. The van der Waals surface area contributed by atoms with E-state index in [9.17, 15) is 5.11 Å². The van der Waals surface area contributed by atoms with E-state index in [1.165, 1.54) is 12.8 Å². The number of piperidine rings is 1. The van der Waals surface area contributed by atoms with E-state index in [-0.39, 0.29) is 6.04 Å². The van der Waals surface area contributed by atoms with Crippen molar-refractivity contribution in [1.29, 1.82) is 0 Å². The molecule has 0 aliphatic carbocycles. The third kappa shape index (κ3) is 3.14. The minimum Gasteiger partial charge on any atom is -0.387 e. The van der Waals surface area contributed by atoms with E-state index in [1.54, 1.807) is 12.4 Å². The van der Waals surface area contributed by atoms with Gasteiger partial charge in [0, 0.05) is 18.4 Å². The maximum absolute atomic E-state index is 10.7.